The zero-order valence-corrected chi connectivity index (χ0v) is 11.6. The Kier molecular flexibility index (Phi) is 2.93. The first-order chi connectivity index (χ1) is 9.60. The van der Waals surface area contributed by atoms with Crippen LogP contribution in [-0.2, 0) is 0 Å². The molecule has 0 unspecified atom stereocenters. The first-order valence-corrected chi connectivity index (χ1v) is 6.50. The highest BCUT2D eigenvalue weighted by atomic mass is 16.5. The van der Waals surface area contributed by atoms with E-state index in [0.717, 1.165) is 16.9 Å². The van der Waals surface area contributed by atoms with Crippen molar-refractivity contribution in [3.63, 3.8) is 0 Å². The molecule has 0 spiro atoms. The summed E-state index contributed by atoms with van der Waals surface area (Å²) in [6, 6.07) is 3.56. The molecule has 0 radical (unpaired) electrons. The van der Waals surface area contributed by atoms with Crippen molar-refractivity contribution >= 4 is 17.8 Å². The fourth-order valence-corrected chi connectivity index (χ4v) is 2.54. The second kappa shape index (κ2) is 4.63. The normalized spacial score (nSPS) is 20.5. The summed E-state index contributed by atoms with van der Waals surface area (Å²) in [5, 5.41) is 0. The Morgan fingerprint density at radius 3 is 3.00 bits per heavy atom. The van der Waals surface area contributed by atoms with E-state index in [4.69, 9.17) is 4.74 Å². The molecule has 0 fully saturated rings. The molecule has 0 saturated heterocycles. The van der Waals surface area contributed by atoms with Gasteiger partial charge in [0.25, 0.3) is 5.91 Å². The van der Waals surface area contributed by atoms with E-state index in [1.807, 2.05) is 31.2 Å². The molecule has 0 N–H and O–H groups in total. The molecule has 2 heterocycles. The van der Waals surface area contributed by atoms with Gasteiger partial charge in [0.2, 0.25) is 0 Å². The van der Waals surface area contributed by atoms with Gasteiger partial charge in [-0.05, 0) is 24.1 Å². The topological polar surface area (TPSA) is 41.9 Å². The number of fused-ring (bicyclic) bond motifs is 2. The van der Waals surface area contributed by atoms with Crippen LogP contribution in [0, 0.1) is 6.92 Å². The molecule has 102 valence electrons. The maximum absolute atomic E-state index is 12.7. The summed E-state index contributed by atoms with van der Waals surface area (Å²) < 4.78 is 5.30. The molecule has 0 aliphatic carbocycles. The summed E-state index contributed by atoms with van der Waals surface area (Å²) in [5.41, 5.74) is 3.13. The number of amides is 1. The van der Waals surface area contributed by atoms with Crippen LogP contribution in [0.2, 0.25) is 0 Å². The molecule has 1 amide bonds. The minimum Gasteiger partial charge on any atom is -0.496 e. The van der Waals surface area contributed by atoms with E-state index in [1.54, 1.807) is 18.2 Å². The highest BCUT2D eigenvalue weighted by molar-refractivity contribution is 6.03. The van der Waals surface area contributed by atoms with Gasteiger partial charge in [-0.2, -0.15) is 0 Å². The van der Waals surface area contributed by atoms with E-state index in [1.165, 1.54) is 0 Å². The quantitative estimate of drug-likeness (QED) is 0.785. The van der Waals surface area contributed by atoms with Crippen LogP contribution in [0.1, 0.15) is 15.9 Å². The van der Waals surface area contributed by atoms with Crippen LogP contribution < -0.4 is 4.74 Å². The molecule has 2 aliphatic heterocycles. The third-order valence-electron chi connectivity index (χ3n) is 3.63. The van der Waals surface area contributed by atoms with Gasteiger partial charge in [-0.15, -0.1) is 0 Å². The molecule has 4 heteroatoms. The van der Waals surface area contributed by atoms with Gasteiger partial charge in [-0.1, -0.05) is 18.7 Å². The first-order valence-electron chi connectivity index (χ1n) is 6.50. The molecule has 0 saturated carbocycles. The third kappa shape index (κ3) is 1.93. The molecule has 3 rings (SSSR count). The molecular weight excluding hydrogens is 252 g/mol. The van der Waals surface area contributed by atoms with Crippen molar-refractivity contribution in [1.29, 1.82) is 0 Å². The van der Waals surface area contributed by atoms with Crippen LogP contribution in [-0.4, -0.2) is 36.7 Å². The van der Waals surface area contributed by atoms with Gasteiger partial charge >= 0.3 is 0 Å². The minimum atomic E-state index is -0.105. The van der Waals surface area contributed by atoms with Crippen molar-refractivity contribution in [2.24, 2.45) is 4.99 Å². The zero-order chi connectivity index (χ0) is 14.3. The smallest absolute Gasteiger partial charge is 0.257 e. The van der Waals surface area contributed by atoms with Crippen LogP contribution in [0.25, 0.3) is 0 Å². The standard InChI is InChI=1S/C16H16N2O2/c1-10-4-5-12-8-17-14-7-15(20-3)11(2)6-13(14)16(19)18(12)9-10/h4-8,12H,1,9H2,2-3H3/t12-/m0/s1. The zero-order valence-electron chi connectivity index (χ0n) is 11.6. The maximum Gasteiger partial charge on any atom is 0.257 e. The van der Waals surface area contributed by atoms with E-state index >= 15 is 0 Å². The Morgan fingerprint density at radius 1 is 1.45 bits per heavy atom. The van der Waals surface area contributed by atoms with E-state index < -0.39 is 0 Å². The molecule has 1 aromatic carbocycles. The van der Waals surface area contributed by atoms with Gasteiger partial charge in [-0.3, -0.25) is 9.79 Å². The number of rotatable bonds is 1. The molecule has 1 aromatic rings. The predicted molar refractivity (Wildman–Crippen MR) is 79.0 cm³/mol. The van der Waals surface area contributed by atoms with Crippen LogP contribution in [0.15, 0.2) is 41.4 Å². The number of ether oxygens (including phenoxy) is 1. The SMILES string of the molecule is C=C1C=C[C@H]2C=Nc3cc(OC)c(C)cc3C(=O)N2C1. The molecule has 20 heavy (non-hydrogen) atoms. The van der Waals surface area contributed by atoms with Gasteiger partial charge in [0, 0.05) is 18.8 Å². The van der Waals surface area contributed by atoms with Crippen molar-refractivity contribution in [1.82, 2.24) is 4.90 Å². The number of aliphatic imine (C=N–C) groups is 1. The van der Waals surface area contributed by atoms with E-state index in [-0.39, 0.29) is 11.9 Å². The fourth-order valence-electron chi connectivity index (χ4n) is 2.54. The van der Waals surface area contributed by atoms with E-state index in [0.29, 0.717) is 17.8 Å². The monoisotopic (exact) mass is 268 g/mol. The second-order valence-electron chi connectivity index (χ2n) is 5.06. The molecular formula is C16H16N2O2. The molecule has 2 aliphatic rings. The van der Waals surface area contributed by atoms with Gasteiger partial charge in [0.1, 0.15) is 5.75 Å². The summed E-state index contributed by atoms with van der Waals surface area (Å²) in [7, 11) is 1.62. The number of nitrogens with zero attached hydrogens (tertiary/aromatic N) is 2. The lowest BCUT2D eigenvalue weighted by atomic mass is 10.0. The average Bonchev–Trinajstić information content (AvgIpc) is 2.57. The minimum absolute atomic E-state index is 0.0150. The van der Waals surface area contributed by atoms with Crippen LogP contribution in [0.5, 0.6) is 5.75 Å². The number of carbonyl (C=O) groups is 1. The van der Waals surface area contributed by atoms with Gasteiger partial charge in [0.05, 0.1) is 24.4 Å². The lowest BCUT2D eigenvalue weighted by Crippen LogP contribution is -2.42. The molecule has 1 atom stereocenters. The molecule has 0 bridgehead atoms. The largest absolute Gasteiger partial charge is 0.496 e. The summed E-state index contributed by atoms with van der Waals surface area (Å²) in [6.45, 7) is 6.39. The van der Waals surface area contributed by atoms with Crippen LogP contribution >= 0.6 is 0 Å². The fraction of sp³-hybridized carbons (Fsp3) is 0.250. The van der Waals surface area contributed by atoms with Crippen LogP contribution in [0.3, 0.4) is 0 Å². The Morgan fingerprint density at radius 2 is 2.25 bits per heavy atom. The Labute approximate surface area is 118 Å². The Bertz CT molecular complexity index is 659. The average molecular weight is 268 g/mol. The lowest BCUT2D eigenvalue weighted by Gasteiger charge is -2.29. The summed E-state index contributed by atoms with van der Waals surface area (Å²) in [6.07, 6.45) is 5.69. The van der Waals surface area contributed by atoms with Crippen molar-refractivity contribution in [2.75, 3.05) is 13.7 Å². The van der Waals surface area contributed by atoms with Crippen molar-refractivity contribution in [2.45, 2.75) is 13.0 Å². The lowest BCUT2D eigenvalue weighted by molar-refractivity contribution is 0.0765. The number of hydrogen-bond donors (Lipinski definition) is 0. The Balaban J connectivity index is 2.12. The van der Waals surface area contributed by atoms with Gasteiger partial charge < -0.3 is 9.64 Å². The number of hydrogen-bond acceptors (Lipinski definition) is 3. The van der Waals surface area contributed by atoms with Crippen molar-refractivity contribution in [3.05, 3.63) is 47.6 Å². The number of aryl methyl sites for hydroxylation is 1. The second-order valence-corrected chi connectivity index (χ2v) is 5.06. The predicted octanol–water partition coefficient (Wildman–Crippen LogP) is 2.66. The van der Waals surface area contributed by atoms with Crippen molar-refractivity contribution in [3.8, 4) is 5.75 Å². The maximum atomic E-state index is 12.7. The molecule has 0 aromatic heterocycles. The van der Waals surface area contributed by atoms with Crippen molar-refractivity contribution < 1.29 is 9.53 Å². The number of methoxy groups -OCH3 is 1. The highest BCUT2D eigenvalue weighted by Gasteiger charge is 2.29. The van der Waals surface area contributed by atoms with Crippen LogP contribution in [0.4, 0.5) is 5.69 Å². The first kappa shape index (κ1) is 12.7. The van der Waals surface area contributed by atoms with Gasteiger partial charge in [-0.25, -0.2) is 0 Å². The highest BCUT2D eigenvalue weighted by Crippen LogP contribution is 2.32. The summed E-state index contributed by atoms with van der Waals surface area (Å²) >= 11 is 0. The number of benzene rings is 1. The summed E-state index contributed by atoms with van der Waals surface area (Å²) in [5.74, 6) is 0.729. The summed E-state index contributed by atoms with van der Waals surface area (Å²) in [4.78, 5) is 18.9. The third-order valence-corrected chi connectivity index (χ3v) is 3.63. The number of carbonyl (C=O) groups excluding carboxylic acids is 1. The van der Waals surface area contributed by atoms with E-state index in [2.05, 4.69) is 11.6 Å². The molecule has 4 nitrogen and oxygen atoms in total. The van der Waals surface area contributed by atoms with E-state index in [9.17, 15) is 4.79 Å². The Hall–Kier alpha value is -2.36. The van der Waals surface area contributed by atoms with Gasteiger partial charge in [0.15, 0.2) is 0 Å².